The van der Waals surface area contributed by atoms with Crippen LogP contribution in [0, 0.1) is 11.6 Å². The van der Waals surface area contributed by atoms with Gasteiger partial charge in [0.15, 0.2) is 0 Å². The van der Waals surface area contributed by atoms with Crippen molar-refractivity contribution in [1.82, 2.24) is 5.32 Å². The third-order valence-corrected chi connectivity index (χ3v) is 8.48. The number of nitrogens with two attached hydrogens (primary N) is 1. The minimum atomic E-state index is -3.59. The van der Waals surface area contributed by atoms with E-state index in [2.05, 4.69) is 9.50 Å². The molecule has 4 unspecified atom stereocenters. The highest BCUT2D eigenvalue weighted by molar-refractivity contribution is 7.85. The maximum absolute atomic E-state index is 13.2. The average molecular weight is 699 g/mol. The summed E-state index contributed by atoms with van der Waals surface area (Å²) in [4.78, 5) is 0. The quantitative estimate of drug-likeness (QED) is 0.174. The lowest BCUT2D eigenvalue weighted by atomic mass is 9.99. The second-order valence-corrected chi connectivity index (χ2v) is 13.5. The topological polar surface area (TPSA) is 140 Å². The zero-order valence-electron chi connectivity index (χ0n) is 27.4. The fraction of sp³-hybridized carbons (Fsp3) is 0.351. The van der Waals surface area contributed by atoms with Crippen LogP contribution in [0.3, 0.4) is 0 Å². The lowest BCUT2D eigenvalue weighted by Crippen LogP contribution is -2.41. The fourth-order valence-corrected chi connectivity index (χ4v) is 5.69. The van der Waals surface area contributed by atoms with Crippen LogP contribution in [-0.2, 0) is 40.2 Å². The summed E-state index contributed by atoms with van der Waals surface area (Å²) >= 11 is 0. The first-order chi connectivity index (χ1) is 23.5. The molecule has 12 heteroatoms. The number of benzene rings is 4. The molecule has 2 heterocycles. The Bertz CT molecular complexity index is 1700. The summed E-state index contributed by atoms with van der Waals surface area (Å²) in [6.45, 7) is 1.48. The van der Waals surface area contributed by atoms with Crippen LogP contribution in [0.15, 0.2) is 97.1 Å². The van der Waals surface area contributed by atoms with Gasteiger partial charge >= 0.3 is 0 Å². The molecule has 0 fully saturated rings. The van der Waals surface area contributed by atoms with Crippen LogP contribution in [0.1, 0.15) is 35.1 Å². The van der Waals surface area contributed by atoms with Crippen molar-refractivity contribution < 1.29 is 41.1 Å². The summed E-state index contributed by atoms with van der Waals surface area (Å²) in [5, 5.41) is 23.3. The van der Waals surface area contributed by atoms with Gasteiger partial charge in [-0.2, -0.15) is 8.42 Å². The molecule has 4 aromatic rings. The van der Waals surface area contributed by atoms with Gasteiger partial charge < -0.3 is 30.7 Å². The summed E-state index contributed by atoms with van der Waals surface area (Å²) in [5.74, 6) is 0.614. The van der Waals surface area contributed by atoms with Crippen molar-refractivity contribution >= 4 is 10.1 Å². The molecule has 0 amide bonds. The number of ether oxygens (including phenoxy) is 2. The van der Waals surface area contributed by atoms with Crippen molar-refractivity contribution in [3.8, 4) is 11.5 Å². The molecule has 5 N–H and O–H groups in total. The van der Waals surface area contributed by atoms with Gasteiger partial charge in [0.25, 0.3) is 10.1 Å². The van der Waals surface area contributed by atoms with Gasteiger partial charge in [0.05, 0.1) is 12.9 Å². The summed E-state index contributed by atoms with van der Waals surface area (Å²) in [7, 11) is -3.59. The molecule has 9 nitrogen and oxygen atoms in total. The van der Waals surface area contributed by atoms with Crippen LogP contribution in [-0.4, -0.2) is 62.5 Å². The number of aliphatic hydroxyl groups is 2. The van der Waals surface area contributed by atoms with Crippen LogP contribution in [0.5, 0.6) is 11.5 Å². The predicted octanol–water partition coefficient (Wildman–Crippen LogP) is 4.67. The van der Waals surface area contributed by atoms with Gasteiger partial charge in [-0.3, -0.25) is 4.18 Å². The maximum Gasteiger partial charge on any atom is 0.264 e. The van der Waals surface area contributed by atoms with Gasteiger partial charge in [-0.25, -0.2) is 8.78 Å². The lowest BCUT2D eigenvalue weighted by Gasteiger charge is -2.29. The van der Waals surface area contributed by atoms with Gasteiger partial charge in [-0.1, -0.05) is 60.7 Å². The number of halogens is 2. The molecule has 0 saturated carbocycles. The number of nitrogens with one attached hydrogen (secondary N) is 1. The maximum atomic E-state index is 13.2. The van der Waals surface area contributed by atoms with E-state index in [9.17, 15) is 27.4 Å². The van der Waals surface area contributed by atoms with E-state index >= 15 is 0 Å². The summed E-state index contributed by atoms with van der Waals surface area (Å²) in [6.07, 6.45) is 0.951. The first-order valence-electron chi connectivity index (χ1n) is 16.1. The Kier molecular flexibility index (Phi) is 14.5. The van der Waals surface area contributed by atoms with Crippen molar-refractivity contribution in [2.45, 2.75) is 63.2 Å². The molecule has 49 heavy (non-hydrogen) atoms. The van der Waals surface area contributed by atoms with Crippen molar-refractivity contribution in [3.63, 3.8) is 0 Å². The van der Waals surface area contributed by atoms with Gasteiger partial charge in [0.2, 0.25) is 0 Å². The van der Waals surface area contributed by atoms with Gasteiger partial charge in [0, 0.05) is 19.6 Å². The zero-order chi connectivity index (χ0) is 35.2. The summed E-state index contributed by atoms with van der Waals surface area (Å²) < 4.78 is 63.7. The molecule has 0 radical (unpaired) electrons. The Balaban J connectivity index is 0.000000182. The fourth-order valence-electron chi connectivity index (χ4n) is 5.30. The number of hydrogen-bond acceptors (Lipinski definition) is 9. The standard InChI is InChI=1S/C18H20FNO2.C12H15FO5S.C7H9N/c19-15-7-9-17-14(10-15)6-8-18(22-17)16(21)12-20-11-13-4-2-1-3-5-13;1-19(15,16)17-7-10(14)12-4-2-8-6-9(13)3-5-11(8)18-12;8-6-7-4-2-1-3-5-7/h1-5,7,9-10,16,18,20-21H,6,8,11-12H2;3,5-6,10,12,14H,2,4,7H2,1H3;1-5H,6,8H2. The lowest BCUT2D eigenvalue weighted by molar-refractivity contribution is -0.00188. The van der Waals surface area contributed by atoms with Crippen LogP contribution < -0.4 is 20.5 Å². The molecule has 0 bridgehead atoms. The van der Waals surface area contributed by atoms with E-state index < -0.39 is 28.4 Å². The molecule has 0 saturated heterocycles. The largest absolute Gasteiger partial charge is 0.487 e. The number of fused-ring (bicyclic) bond motifs is 2. The first-order valence-corrected chi connectivity index (χ1v) is 17.9. The third kappa shape index (κ3) is 12.8. The van der Waals surface area contributed by atoms with Gasteiger partial charge in [-0.15, -0.1) is 0 Å². The van der Waals surface area contributed by atoms with Crippen molar-refractivity contribution in [2.75, 3.05) is 19.4 Å². The monoisotopic (exact) mass is 698 g/mol. The molecule has 0 aromatic heterocycles. The average Bonchev–Trinajstić information content (AvgIpc) is 3.11. The van der Waals surface area contributed by atoms with Crippen molar-refractivity contribution in [3.05, 3.63) is 131 Å². The van der Waals surface area contributed by atoms with E-state index in [-0.39, 0.29) is 24.3 Å². The molecule has 0 spiro atoms. The molecule has 4 atom stereocenters. The van der Waals surface area contributed by atoms with Gasteiger partial charge in [0.1, 0.15) is 47.5 Å². The second-order valence-electron chi connectivity index (χ2n) is 11.8. The molecular weight excluding hydrogens is 654 g/mol. The van der Waals surface area contributed by atoms with E-state index in [0.29, 0.717) is 50.4 Å². The van der Waals surface area contributed by atoms with Crippen LogP contribution in [0.25, 0.3) is 0 Å². The zero-order valence-corrected chi connectivity index (χ0v) is 28.2. The second kappa shape index (κ2) is 18.7. The van der Waals surface area contributed by atoms with Crippen molar-refractivity contribution in [1.29, 1.82) is 0 Å². The molecule has 0 aliphatic carbocycles. The molecule has 2 aliphatic heterocycles. The molecular formula is C37H44F2N2O7S. The highest BCUT2D eigenvalue weighted by Gasteiger charge is 2.28. The molecule has 6 rings (SSSR count). The van der Waals surface area contributed by atoms with Crippen LogP contribution >= 0.6 is 0 Å². The van der Waals surface area contributed by atoms with Gasteiger partial charge in [-0.05, 0) is 84.3 Å². The van der Waals surface area contributed by atoms with Crippen LogP contribution in [0.2, 0.25) is 0 Å². The first kappa shape index (κ1) is 37.9. The third-order valence-electron chi connectivity index (χ3n) is 7.91. The number of aliphatic hydroxyl groups excluding tert-OH is 2. The molecule has 264 valence electrons. The number of aryl methyl sites for hydroxylation is 2. The minimum Gasteiger partial charge on any atom is -0.487 e. The summed E-state index contributed by atoms with van der Waals surface area (Å²) in [5.41, 5.74) is 9.34. The molecule has 2 aliphatic rings. The van der Waals surface area contributed by atoms with Crippen LogP contribution in [0.4, 0.5) is 8.78 Å². The highest BCUT2D eigenvalue weighted by atomic mass is 32.2. The van der Waals surface area contributed by atoms with E-state index in [1.54, 1.807) is 6.07 Å². The Morgan fingerprint density at radius 2 is 1.29 bits per heavy atom. The number of hydrogen-bond donors (Lipinski definition) is 4. The SMILES string of the molecule is CS(=O)(=O)OCC(O)C1CCc2cc(F)ccc2O1.NCc1ccccc1.OC(CNCc1ccccc1)C1CCc2cc(F)ccc2O1. The summed E-state index contributed by atoms with van der Waals surface area (Å²) in [6, 6.07) is 28.8. The van der Waals surface area contributed by atoms with E-state index in [1.165, 1.54) is 41.5 Å². The Hall–Kier alpha value is -3.91. The Morgan fingerprint density at radius 1 is 0.796 bits per heavy atom. The molecule has 4 aromatic carbocycles. The normalized spacial score (nSPS) is 17.7. The minimum absolute atomic E-state index is 0.245. The van der Waals surface area contributed by atoms with E-state index in [4.69, 9.17) is 15.2 Å². The Morgan fingerprint density at radius 3 is 1.76 bits per heavy atom. The van der Waals surface area contributed by atoms with E-state index in [0.717, 1.165) is 23.8 Å². The predicted molar refractivity (Wildman–Crippen MR) is 184 cm³/mol. The number of rotatable bonds is 10. The Labute approximate surface area is 286 Å². The van der Waals surface area contributed by atoms with Crippen molar-refractivity contribution in [2.24, 2.45) is 5.73 Å². The van der Waals surface area contributed by atoms with E-state index in [1.807, 2.05) is 60.7 Å². The smallest absolute Gasteiger partial charge is 0.264 e. The highest BCUT2D eigenvalue weighted by Crippen LogP contribution is 2.30.